The van der Waals surface area contributed by atoms with Crippen LogP contribution in [0.2, 0.25) is 0 Å². The van der Waals surface area contributed by atoms with Crippen LogP contribution in [0, 0.1) is 11.8 Å². The largest absolute Gasteiger partial charge is 0.394 e. The predicted octanol–water partition coefficient (Wildman–Crippen LogP) is -1.64. The van der Waals surface area contributed by atoms with Crippen LogP contribution in [0.1, 0.15) is 18.7 Å². The minimum absolute atomic E-state index is 0.192. The fourth-order valence-electron chi connectivity index (χ4n) is 2.91. The monoisotopic (exact) mass is 334 g/mol. The van der Waals surface area contributed by atoms with Crippen molar-refractivity contribution < 1.29 is 25.2 Å². The number of nitrogens with two attached hydrogens (primary N) is 1. The summed E-state index contributed by atoms with van der Waals surface area (Å²) >= 11 is 0. The highest BCUT2D eigenvalue weighted by Crippen LogP contribution is 2.40. The van der Waals surface area contributed by atoms with Crippen molar-refractivity contribution in [3.63, 3.8) is 0 Å². The number of fused-ring (bicyclic) bond motifs is 1. The number of nitrogens with zero attached hydrogens (tertiary/aromatic N) is 3. The first-order valence-electron chi connectivity index (χ1n) is 7.29. The van der Waals surface area contributed by atoms with E-state index in [-0.39, 0.29) is 12.4 Å². The van der Waals surface area contributed by atoms with Gasteiger partial charge in [-0.3, -0.25) is 0 Å². The summed E-state index contributed by atoms with van der Waals surface area (Å²) in [5, 5.41) is 39.5. The lowest BCUT2D eigenvalue weighted by molar-refractivity contribution is -0.0948. The summed E-state index contributed by atoms with van der Waals surface area (Å²) in [6.07, 6.45) is -0.402. The van der Waals surface area contributed by atoms with Gasteiger partial charge in [-0.25, -0.2) is 9.97 Å². The zero-order valence-electron chi connectivity index (χ0n) is 12.9. The highest BCUT2D eigenvalue weighted by molar-refractivity contribution is 5.92. The summed E-state index contributed by atoms with van der Waals surface area (Å²) in [5.74, 6) is 5.47. The minimum atomic E-state index is -1.67. The summed E-state index contributed by atoms with van der Waals surface area (Å²) in [7, 11) is 0. The lowest BCUT2D eigenvalue weighted by Crippen LogP contribution is -2.44. The molecule has 3 rings (SSSR count). The molecule has 9 heteroatoms. The molecule has 0 aliphatic carbocycles. The Morgan fingerprint density at radius 3 is 2.79 bits per heavy atom. The van der Waals surface area contributed by atoms with Crippen LogP contribution in [-0.4, -0.2) is 66.0 Å². The molecule has 9 nitrogen and oxygen atoms in total. The van der Waals surface area contributed by atoms with E-state index in [1.165, 1.54) is 17.8 Å². The predicted molar refractivity (Wildman–Crippen MR) is 83.5 cm³/mol. The summed E-state index contributed by atoms with van der Waals surface area (Å²) in [4.78, 5) is 8.09. The van der Waals surface area contributed by atoms with E-state index in [0.717, 1.165) is 0 Å². The van der Waals surface area contributed by atoms with Crippen molar-refractivity contribution in [2.45, 2.75) is 31.0 Å². The molecule has 2 aromatic rings. The molecule has 1 aliphatic heterocycles. The smallest absolute Gasteiger partial charge is 0.167 e. The molecule has 0 aromatic carbocycles. The number of ether oxygens (including phenoxy) is 1. The van der Waals surface area contributed by atoms with Gasteiger partial charge in [-0.2, -0.15) is 0 Å². The molecule has 128 valence electrons. The molecule has 0 radical (unpaired) electrons. The highest BCUT2D eigenvalue weighted by Gasteiger charge is 2.53. The number of aliphatic hydroxyl groups excluding tert-OH is 3. The molecular formula is C15H18N4O5. The van der Waals surface area contributed by atoms with Crippen LogP contribution < -0.4 is 5.73 Å². The van der Waals surface area contributed by atoms with E-state index in [9.17, 15) is 15.3 Å². The first kappa shape index (κ1) is 16.6. The van der Waals surface area contributed by atoms with Gasteiger partial charge in [-0.1, -0.05) is 11.8 Å². The molecule has 1 saturated heterocycles. The first-order chi connectivity index (χ1) is 11.4. The van der Waals surface area contributed by atoms with Crippen LogP contribution in [0.4, 0.5) is 5.82 Å². The van der Waals surface area contributed by atoms with Crippen LogP contribution in [0.5, 0.6) is 0 Å². The van der Waals surface area contributed by atoms with Crippen molar-refractivity contribution in [2.75, 3.05) is 18.9 Å². The second-order valence-electron chi connectivity index (χ2n) is 5.75. The fourth-order valence-corrected chi connectivity index (χ4v) is 2.91. The summed E-state index contributed by atoms with van der Waals surface area (Å²) in [6, 6.07) is 0. The topological polar surface area (TPSA) is 147 Å². The van der Waals surface area contributed by atoms with Crippen LogP contribution in [0.3, 0.4) is 0 Å². The number of hydrogen-bond donors (Lipinski definition) is 5. The van der Waals surface area contributed by atoms with Crippen molar-refractivity contribution in [1.29, 1.82) is 0 Å². The molecule has 3 heterocycles. The quantitative estimate of drug-likeness (QED) is 0.411. The standard InChI is InChI=1S/C15H18N4O5/c1-15(23)11(22)9(6-21)24-14(15)19-5-8(3-2-4-20)10-12(16)17-7-18-13(10)19/h5,7,9,11,14,20-23H,4,6H2,1H3,(H2,16,17,18)/t9?,11-,14?,15-/m1/s1. The Hall–Kier alpha value is -2.22. The molecule has 0 saturated carbocycles. The van der Waals surface area contributed by atoms with Crippen molar-refractivity contribution in [3.8, 4) is 11.8 Å². The normalized spacial score (nSPS) is 29.6. The van der Waals surface area contributed by atoms with Crippen molar-refractivity contribution in [3.05, 3.63) is 18.1 Å². The zero-order valence-corrected chi connectivity index (χ0v) is 12.9. The van der Waals surface area contributed by atoms with Gasteiger partial charge in [0.2, 0.25) is 0 Å². The van der Waals surface area contributed by atoms with E-state index < -0.39 is 30.6 Å². The maximum atomic E-state index is 10.6. The first-order valence-corrected chi connectivity index (χ1v) is 7.29. The number of anilines is 1. The van der Waals surface area contributed by atoms with Gasteiger partial charge in [0.15, 0.2) is 6.23 Å². The average Bonchev–Trinajstić information content (AvgIpc) is 3.02. The van der Waals surface area contributed by atoms with Crippen LogP contribution in [-0.2, 0) is 4.74 Å². The molecule has 0 bridgehead atoms. The average molecular weight is 334 g/mol. The second kappa shape index (κ2) is 6.01. The molecular weight excluding hydrogens is 316 g/mol. The molecule has 24 heavy (non-hydrogen) atoms. The number of rotatable bonds is 2. The molecule has 0 spiro atoms. The number of aliphatic hydroxyl groups is 4. The number of aromatic nitrogens is 3. The lowest BCUT2D eigenvalue weighted by atomic mass is 9.96. The third kappa shape index (κ3) is 2.41. The maximum absolute atomic E-state index is 10.6. The number of hydrogen-bond acceptors (Lipinski definition) is 8. The zero-order chi connectivity index (χ0) is 17.5. The molecule has 4 atom stereocenters. The Labute approximate surface area is 137 Å². The Balaban J connectivity index is 2.19. The van der Waals surface area contributed by atoms with Gasteiger partial charge in [0.1, 0.15) is 42.2 Å². The van der Waals surface area contributed by atoms with E-state index in [2.05, 4.69) is 21.8 Å². The molecule has 6 N–H and O–H groups in total. The van der Waals surface area contributed by atoms with Crippen LogP contribution >= 0.6 is 0 Å². The Kier molecular flexibility index (Phi) is 4.16. The summed E-state index contributed by atoms with van der Waals surface area (Å²) in [5.41, 5.74) is 5.05. The van der Waals surface area contributed by atoms with Crippen LogP contribution in [0.25, 0.3) is 11.0 Å². The van der Waals surface area contributed by atoms with Gasteiger partial charge in [-0.05, 0) is 6.92 Å². The number of nitrogen functional groups attached to an aromatic ring is 1. The summed E-state index contributed by atoms with van der Waals surface area (Å²) < 4.78 is 7.10. The third-order valence-corrected chi connectivity index (χ3v) is 4.13. The van der Waals surface area contributed by atoms with E-state index in [4.69, 9.17) is 15.6 Å². The second-order valence-corrected chi connectivity index (χ2v) is 5.75. The Morgan fingerprint density at radius 1 is 1.42 bits per heavy atom. The van der Waals surface area contributed by atoms with Gasteiger partial charge in [0.05, 0.1) is 17.6 Å². The van der Waals surface area contributed by atoms with Gasteiger partial charge in [0.25, 0.3) is 0 Å². The summed E-state index contributed by atoms with van der Waals surface area (Å²) in [6.45, 7) is 0.637. The van der Waals surface area contributed by atoms with E-state index in [0.29, 0.717) is 16.6 Å². The van der Waals surface area contributed by atoms with Gasteiger partial charge in [0, 0.05) is 6.20 Å². The highest BCUT2D eigenvalue weighted by atomic mass is 16.6. The Morgan fingerprint density at radius 2 is 2.17 bits per heavy atom. The van der Waals surface area contributed by atoms with Gasteiger partial charge in [-0.15, -0.1) is 0 Å². The van der Waals surface area contributed by atoms with Crippen molar-refractivity contribution in [2.24, 2.45) is 0 Å². The molecule has 1 fully saturated rings. The van der Waals surface area contributed by atoms with E-state index in [1.54, 1.807) is 6.20 Å². The third-order valence-electron chi connectivity index (χ3n) is 4.13. The van der Waals surface area contributed by atoms with Crippen molar-refractivity contribution >= 4 is 16.9 Å². The van der Waals surface area contributed by atoms with Gasteiger partial charge >= 0.3 is 0 Å². The van der Waals surface area contributed by atoms with Crippen LogP contribution in [0.15, 0.2) is 12.5 Å². The molecule has 2 unspecified atom stereocenters. The molecule has 2 aromatic heterocycles. The van der Waals surface area contributed by atoms with Gasteiger partial charge < -0.3 is 35.5 Å². The lowest BCUT2D eigenvalue weighted by Gasteiger charge is -2.27. The minimum Gasteiger partial charge on any atom is -0.394 e. The molecule has 0 amide bonds. The SMILES string of the molecule is C[C@]1(O)C(n2cc(C#CCO)c3c(N)ncnc32)OC(CO)[C@H]1O. The maximum Gasteiger partial charge on any atom is 0.167 e. The Bertz CT molecular complexity index is 822. The van der Waals surface area contributed by atoms with Crippen molar-refractivity contribution in [1.82, 2.24) is 14.5 Å². The van der Waals surface area contributed by atoms with E-state index in [1.807, 2.05) is 0 Å². The molecule has 1 aliphatic rings. The fraction of sp³-hybridized carbons (Fsp3) is 0.467. The van der Waals surface area contributed by atoms with E-state index >= 15 is 0 Å².